The molecule has 7 nitrogen and oxygen atoms in total. The average Bonchev–Trinajstić information content (AvgIpc) is 3.43. The number of carbonyl (C=O) groups is 1. The summed E-state index contributed by atoms with van der Waals surface area (Å²) in [7, 11) is 3.74. The van der Waals surface area contributed by atoms with Crippen LogP contribution in [0.4, 0.5) is 0 Å². The highest BCUT2D eigenvalue weighted by atomic mass is 35.5. The van der Waals surface area contributed by atoms with Gasteiger partial charge >= 0.3 is 0 Å². The Hall–Kier alpha value is -1.93. The number of amides is 1. The molecule has 1 amide bonds. The van der Waals surface area contributed by atoms with Crippen molar-refractivity contribution in [1.82, 2.24) is 24.9 Å². The van der Waals surface area contributed by atoms with Crippen molar-refractivity contribution in [2.45, 2.75) is 31.8 Å². The van der Waals surface area contributed by atoms with Gasteiger partial charge in [0.05, 0.1) is 0 Å². The van der Waals surface area contributed by atoms with Crippen molar-refractivity contribution in [3.63, 3.8) is 0 Å². The molecule has 1 aliphatic carbocycles. The SMILES string of the molecule is CNC(=O)c1ccn(C(O)N2C[C@H]3CC(N(C)Cc4ccccc4Cl)C[C@H]3C2)n1. The van der Waals surface area contributed by atoms with Gasteiger partial charge in [0.25, 0.3) is 5.91 Å². The van der Waals surface area contributed by atoms with Gasteiger partial charge in [-0.3, -0.25) is 14.6 Å². The van der Waals surface area contributed by atoms with Crippen LogP contribution in [0.25, 0.3) is 0 Å². The van der Waals surface area contributed by atoms with Gasteiger partial charge in [-0.25, -0.2) is 4.68 Å². The van der Waals surface area contributed by atoms with Gasteiger partial charge in [0.2, 0.25) is 6.35 Å². The number of aromatic nitrogens is 2. The number of halogens is 1. The molecule has 0 radical (unpaired) electrons. The Bertz CT molecular complexity index is 858. The van der Waals surface area contributed by atoms with Crippen LogP contribution in [0.1, 0.15) is 35.2 Å². The molecule has 1 saturated carbocycles. The van der Waals surface area contributed by atoms with Crippen molar-refractivity contribution < 1.29 is 9.90 Å². The maximum atomic E-state index is 11.7. The van der Waals surface area contributed by atoms with Crippen molar-refractivity contribution >= 4 is 17.5 Å². The first kappa shape index (κ1) is 20.3. The van der Waals surface area contributed by atoms with Gasteiger partial charge in [-0.1, -0.05) is 29.8 Å². The van der Waals surface area contributed by atoms with Crippen molar-refractivity contribution in [3.8, 4) is 0 Å². The summed E-state index contributed by atoms with van der Waals surface area (Å²) in [6.07, 6.45) is 3.07. The summed E-state index contributed by atoms with van der Waals surface area (Å²) in [5, 5.41) is 18.3. The van der Waals surface area contributed by atoms with E-state index in [0.29, 0.717) is 23.6 Å². The minimum absolute atomic E-state index is 0.251. The molecule has 1 aromatic carbocycles. The quantitative estimate of drug-likeness (QED) is 0.753. The molecule has 1 aromatic heterocycles. The van der Waals surface area contributed by atoms with Gasteiger partial charge in [0.15, 0.2) is 0 Å². The molecule has 2 heterocycles. The lowest BCUT2D eigenvalue weighted by atomic mass is 10.0. The molecule has 8 heteroatoms. The number of fused-ring (bicyclic) bond motifs is 1. The molecule has 2 N–H and O–H groups in total. The van der Waals surface area contributed by atoms with E-state index in [1.165, 1.54) is 4.68 Å². The zero-order valence-corrected chi connectivity index (χ0v) is 17.6. The third-order valence-electron chi connectivity index (χ3n) is 6.39. The number of benzene rings is 1. The summed E-state index contributed by atoms with van der Waals surface area (Å²) < 4.78 is 1.46. The second-order valence-corrected chi connectivity index (χ2v) is 8.62. The fourth-order valence-electron chi connectivity index (χ4n) is 4.76. The Labute approximate surface area is 176 Å². The monoisotopic (exact) mass is 417 g/mol. The van der Waals surface area contributed by atoms with Crippen LogP contribution in [-0.2, 0) is 6.54 Å². The van der Waals surface area contributed by atoms with Crippen LogP contribution < -0.4 is 5.32 Å². The molecule has 156 valence electrons. The summed E-state index contributed by atoms with van der Waals surface area (Å²) in [5.41, 5.74) is 1.48. The summed E-state index contributed by atoms with van der Waals surface area (Å²) in [6, 6.07) is 10.2. The minimum atomic E-state index is -0.835. The van der Waals surface area contributed by atoms with Crippen molar-refractivity contribution in [3.05, 3.63) is 52.8 Å². The molecule has 29 heavy (non-hydrogen) atoms. The molecule has 4 rings (SSSR count). The first-order valence-electron chi connectivity index (χ1n) is 10.1. The van der Waals surface area contributed by atoms with Gasteiger partial charge in [-0.05, 0) is 49.4 Å². The second-order valence-electron chi connectivity index (χ2n) is 8.21. The highest BCUT2D eigenvalue weighted by molar-refractivity contribution is 6.31. The average molecular weight is 418 g/mol. The largest absolute Gasteiger partial charge is 0.359 e. The van der Waals surface area contributed by atoms with Crippen molar-refractivity contribution in [2.24, 2.45) is 11.8 Å². The van der Waals surface area contributed by atoms with Gasteiger partial charge in [-0.2, -0.15) is 5.10 Å². The molecule has 1 aliphatic heterocycles. The number of aliphatic hydroxyl groups is 1. The van der Waals surface area contributed by atoms with Crippen LogP contribution in [0.5, 0.6) is 0 Å². The molecule has 0 bridgehead atoms. The van der Waals surface area contributed by atoms with Gasteiger partial charge < -0.3 is 10.4 Å². The van der Waals surface area contributed by atoms with E-state index in [1.54, 1.807) is 19.3 Å². The maximum Gasteiger partial charge on any atom is 0.271 e. The van der Waals surface area contributed by atoms with E-state index < -0.39 is 6.35 Å². The standard InChI is InChI=1S/C21H28ClN5O2/c1-23-20(28)19-7-8-27(24-19)21(29)26-12-15-9-17(10-16(15)13-26)25(2)11-14-5-3-4-6-18(14)22/h3-8,15-17,21,29H,9-13H2,1-2H3,(H,23,28)/t15-,16+,17?,21?. The van der Waals surface area contributed by atoms with E-state index in [4.69, 9.17) is 11.6 Å². The topological polar surface area (TPSA) is 73.6 Å². The lowest BCUT2D eigenvalue weighted by Gasteiger charge is -2.28. The number of hydrogen-bond acceptors (Lipinski definition) is 5. The van der Waals surface area contributed by atoms with Crippen LogP contribution >= 0.6 is 11.6 Å². The Morgan fingerprint density at radius 1 is 1.31 bits per heavy atom. The van der Waals surface area contributed by atoms with Gasteiger partial charge in [-0.15, -0.1) is 0 Å². The number of likely N-dealkylation sites (tertiary alicyclic amines) is 1. The Morgan fingerprint density at radius 2 is 2.00 bits per heavy atom. The van der Waals surface area contributed by atoms with Gasteiger partial charge in [0.1, 0.15) is 5.69 Å². The number of carbonyl (C=O) groups excluding carboxylic acids is 1. The van der Waals surface area contributed by atoms with E-state index >= 15 is 0 Å². The molecule has 2 aromatic rings. The van der Waals surface area contributed by atoms with E-state index in [0.717, 1.165) is 43.1 Å². The number of rotatable bonds is 6. The zero-order chi connectivity index (χ0) is 20.5. The Balaban J connectivity index is 1.33. The van der Waals surface area contributed by atoms with Crippen LogP contribution in [0.15, 0.2) is 36.5 Å². The number of nitrogens with zero attached hydrogens (tertiary/aromatic N) is 4. The zero-order valence-electron chi connectivity index (χ0n) is 16.8. The third-order valence-corrected chi connectivity index (χ3v) is 6.76. The second kappa shape index (κ2) is 8.44. The summed E-state index contributed by atoms with van der Waals surface area (Å²) in [5.74, 6) is 0.883. The molecule has 2 aliphatic rings. The minimum Gasteiger partial charge on any atom is -0.359 e. The lowest BCUT2D eigenvalue weighted by Crippen LogP contribution is -2.35. The lowest BCUT2D eigenvalue weighted by molar-refractivity contribution is -0.0554. The van der Waals surface area contributed by atoms with Crippen LogP contribution in [0.2, 0.25) is 5.02 Å². The number of hydrogen-bond donors (Lipinski definition) is 2. The number of nitrogens with one attached hydrogen (secondary N) is 1. The van der Waals surface area contributed by atoms with Crippen LogP contribution in [0.3, 0.4) is 0 Å². The molecule has 2 unspecified atom stereocenters. The molecule has 0 spiro atoms. The predicted molar refractivity (Wildman–Crippen MR) is 111 cm³/mol. The fourth-order valence-corrected chi connectivity index (χ4v) is 4.96. The van der Waals surface area contributed by atoms with E-state index in [-0.39, 0.29) is 5.91 Å². The summed E-state index contributed by atoms with van der Waals surface area (Å²) in [6.45, 7) is 2.54. The smallest absolute Gasteiger partial charge is 0.271 e. The van der Waals surface area contributed by atoms with E-state index in [9.17, 15) is 9.90 Å². The van der Waals surface area contributed by atoms with E-state index in [2.05, 4.69) is 33.3 Å². The van der Waals surface area contributed by atoms with Gasteiger partial charge in [0, 0.05) is 43.9 Å². The van der Waals surface area contributed by atoms with Crippen LogP contribution in [0, 0.1) is 11.8 Å². The Kier molecular flexibility index (Phi) is 5.92. The molecule has 4 atom stereocenters. The van der Waals surface area contributed by atoms with Crippen LogP contribution in [-0.4, -0.2) is 63.8 Å². The first-order valence-corrected chi connectivity index (χ1v) is 10.5. The Morgan fingerprint density at radius 3 is 2.66 bits per heavy atom. The molecule has 1 saturated heterocycles. The predicted octanol–water partition coefficient (Wildman–Crippen LogP) is 2.19. The third kappa shape index (κ3) is 4.19. The highest BCUT2D eigenvalue weighted by Gasteiger charge is 2.44. The number of aliphatic hydroxyl groups excluding tert-OH is 1. The molecular weight excluding hydrogens is 390 g/mol. The maximum absolute atomic E-state index is 11.7. The van der Waals surface area contributed by atoms with Crippen molar-refractivity contribution in [2.75, 3.05) is 27.2 Å². The van der Waals surface area contributed by atoms with E-state index in [1.807, 2.05) is 18.2 Å². The fraction of sp³-hybridized carbons (Fsp3) is 0.524. The molecular formula is C21H28ClN5O2. The van der Waals surface area contributed by atoms with Crippen molar-refractivity contribution in [1.29, 1.82) is 0 Å². The normalized spacial score (nSPS) is 25.3. The summed E-state index contributed by atoms with van der Waals surface area (Å²) in [4.78, 5) is 16.1. The highest BCUT2D eigenvalue weighted by Crippen LogP contribution is 2.41. The summed E-state index contributed by atoms with van der Waals surface area (Å²) >= 11 is 6.32. The molecule has 2 fully saturated rings. The first-order chi connectivity index (χ1) is 14.0.